The molecule has 56 heavy (non-hydrogen) atoms. The normalized spacial score (nSPS) is 12.6. The van der Waals surface area contributed by atoms with Crippen LogP contribution in [0.5, 0.6) is 0 Å². The second kappa shape index (κ2) is 17.3. The van der Waals surface area contributed by atoms with E-state index in [-0.39, 0.29) is 39.5 Å². The van der Waals surface area contributed by atoms with Gasteiger partial charge in [0.1, 0.15) is 11.4 Å². The lowest BCUT2D eigenvalue weighted by Gasteiger charge is -2.19. The number of carbonyl (C=O) groups is 3. The highest BCUT2D eigenvalue weighted by Crippen LogP contribution is 2.40. The quantitative estimate of drug-likeness (QED) is 0.130. The Morgan fingerprint density at radius 1 is 0.750 bits per heavy atom. The Balaban J connectivity index is 0.000000356. The molecule has 0 aliphatic rings. The first kappa shape index (κ1) is 45.8. The van der Waals surface area contributed by atoms with Crippen molar-refractivity contribution in [1.29, 1.82) is 0 Å². The number of primary amides is 2. The summed E-state index contributed by atoms with van der Waals surface area (Å²) in [6.45, 7) is 4.00. The van der Waals surface area contributed by atoms with E-state index < -0.39 is 95.6 Å². The largest absolute Gasteiger partial charge is 0.443 e. The topological polar surface area (TPSA) is 210 Å². The van der Waals surface area contributed by atoms with Crippen LogP contribution in [-0.2, 0) is 46.7 Å². The van der Waals surface area contributed by atoms with Crippen LogP contribution >= 0.6 is 15.9 Å². The zero-order valence-electron chi connectivity index (χ0n) is 29.3. The van der Waals surface area contributed by atoms with Gasteiger partial charge in [-0.25, -0.2) is 35.5 Å². The lowest BCUT2D eigenvalue weighted by molar-refractivity contribution is -0.140. The molecular weight excluding hydrogens is 871 g/mol. The third-order valence-corrected chi connectivity index (χ3v) is 10.6. The van der Waals surface area contributed by atoms with E-state index in [4.69, 9.17) is 16.2 Å². The van der Waals surface area contributed by atoms with Crippen LogP contribution in [0.1, 0.15) is 44.7 Å². The predicted octanol–water partition coefficient (Wildman–Crippen LogP) is 6.02. The lowest BCUT2D eigenvalue weighted by Crippen LogP contribution is -2.29. The highest BCUT2D eigenvalue weighted by atomic mass is 79.9. The summed E-state index contributed by atoms with van der Waals surface area (Å²) >= 11 is 2.85. The maximum Gasteiger partial charge on any atom is 0.419 e. The predicted molar refractivity (Wildman–Crippen MR) is 191 cm³/mol. The molecule has 0 fully saturated rings. The van der Waals surface area contributed by atoms with Gasteiger partial charge in [-0.05, 0) is 74.9 Å². The van der Waals surface area contributed by atoms with Crippen molar-refractivity contribution in [2.75, 3.05) is 13.1 Å². The number of ether oxygens (including phenoxy) is 1. The fraction of sp³-hybridized carbons (Fsp3) is 0.303. The monoisotopic (exact) mass is 903 g/mol. The molecule has 13 nitrogen and oxygen atoms in total. The van der Waals surface area contributed by atoms with Gasteiger partial charge in [0.15, 0.2) is 0 Å². The Labute approximate surface area is 323 Å². The third kappa shape index (κ3) is 12.2. The number of aromatic nitrogens is 1. The highest BCUT2D eigenvalue weighted by Gasteiger charge is 2.39. The fourth-order valence-electron chi connectivity index (χ4n) is 4.78. The minimum atomic E-state index is -5.07. The number of benzene rings is 3. The van der Waals surface area contributed by atoms with Crippen molar-refractivity contribution in [3.8, 4) is 11.1 Å². The number of nitrogens with zero attached hydrogens (tertiary/aromatic N) is 1. The molecule has 0 spiro atoms. The standard InChI is InChI=1S/C23H23F4N3O5S.C10H10BrF3N2O3S/c1-22(2,3)35-21(32)30-12-16(15-6-5-14(24)11-18(15)30)13-4-7-19(17(10-13)23(25,26)27)36(33,34)29-9-8-20(28)31;11-6-1-2-8(7(5-6)10(12,13)14)20(18,19)16-4-3-9(15)17/h4-7,10-12,29H,8-9H2,1-3H3,(H2,28,31);1-2,5,16H,3-4H2,(H2,15,17). The summed E-state index contributed by atoms with van der Waals surface area (Å²) in [4.78, 5) is 32.1. The van der Waals surface area contributed by atoms with E-state index >= 15 is 0 Å². The van der Waals surface area contributed by atoms with Gasteiger partial charge in [-0.1, -0.05) is 22.0 Å². The Morgan fingerprint density at radius 2 is 1.23 bits per heavy atom. The van der Waals surface area contributed by atoms with E-state index in [1.54, 1.807) is 20.8 Å². The van der Waals surface area contributed by atoms with Crippen LogP contribution in [0.2, 0.25) is 0 Å². The number of rotatable bonds is 11. The van der Waals surface area contributed by atoms with Gasteiger partial charge in [0.2, 0.25) is 31.9 Å². The van der Waals surface area contributed by atoms with E-state index in [0.717, 1.165) is 34.9 Å². The molecule has 23 heteroatoms. The van der Waals surface area contributed by atoms with Crippen molar-refractivity contribution in [3.05, 3.63) is 82.2 Å². The molecule has 4 rings (SSSR count). The maximum absolute atomic E-state index is 14.0. The summed E-state index contributed by atoms with van der Waals surface area (Å²) in [5.41, 5.74) is 6.20. The van der Waals surface area contributed by atoms with Crippen LogP contribution in [0, 0.1) is 5.82 Å². The number of nitrogens with two attached hydrogens (primary N) is 2. The number of amides is 2. The number of hydrogen-bond acceptors (Lipinski definition) is 8. The van der Waals surface area contributed by atoms with Crippen LogP contribution < -0.4 is 20.9 Å². The molecule has 6 N–H and O–H groups in total. The average Bonchev–Trinajstić information content (AvgIpc) is 3.41. The van der Waals surface area contributed by atoms with Gasteiger partial charge in [0.25, 0.3) is 0 Å². The van der Waals surface area contributed by atoms with Gasteiger partial charge in [-0.15, -0.1) is 0 Å². The molecular formula is C33H33BrF7N5O8S2. The SMILES string of the molecule is CC(C)(C)OC(=O)n1cc(-c2ccc(S(=O)(=O)NCCC(N)=O)c(C(F)(F)F)c2)c2ccc(F)cc21.NC(=O)CCNS(=O)(=O)c1ccc(Br)cc1C(F)(F)F. The van der Waals surface area contributed by atoms with Crippen LogP contribution in [0.3, 0.4) is 0 Å². The Hall–Kier alpha value is -4.58. The first-order valence-corrected chi connectivity index (χ1v) is 19.5. The number of carbonyl (C=O) groups excluding carboxylic acids is 3. The number of fused-ring (bicyclic) bond motifs is 1. The number of hydrogen-bond donors (Lipinski definition) is 4. The van der Waals surface area contributed by atoms with Crippen molar-refractivity contribution in [2.45, 2.75) is 61.4 Å². The molecule has 4 aromatic rings. The van der Waals surface area contributed by atoms with Gasteiger partial charge in [0, 0.05) is 47.6 Å². The zero-order valence-corrected chi connectivity index (χ0v) is 32.5. The van der Waals surface area contributed by atoms with Crippen LogP contribution in [-0.4, -0.2) is 58.0 Å². The summed E-state index contributed by atoms with van der Waals surface area (Å²) in [7, 11) is -9.04. The minimum absolute atomic E-state index is 0.0534. The fourth-order valence-corrected chi connectivity index (χ4v) is 7.61. The molecule has 2 amide bonds. The van der Waals surface area contributed by atoms with E-state index in [1.165, 1.54) is 18.3 Å². The van der Waals surface area contributed by atoms with Crippen molar-refractivity contribution in [3.63, 3.8) is 0 Å². The van der Waals surface area contributed by atoms with Crippen LogP contribution in [0.25, 0.3) is 22.0 Å². The minimum Gasteiger partial charge on any atom is -0.443 e. The first-order valence-electron chi connectivity index (χ1n) is 15.7. The van der Waals surface area contributed by atoms with Crippen LogP contribution in [0.15, 0.2) is 75.1 Å². The second-order valence-electron chi connectivity index (χ2n) is 12.6. The van der Waals surface area contributed by atoms with E-state index in [2.05, 4.69) is 15.9 Å². The van der Waals surface area contributed by atoms with Crippen molar-refractivity contribution in [1.82, 2.24) is 14.0 Å². The Kier molecular flexibility index (Phi) is 14.1. The maximum atomic E-state index is 14.0. The van der Waals surface area contributed by atoms with Crippen LogP contribution in [0.4, 0.5) is 35.5 Å². The third-order valence-electron chi connectivity index (χ3n) is 7.11. The smallest absolute Gasteiger partial charge is 0.419 e. The van der Waals surface area contributed by atoms with Crippen molar-refractivity contribution < 1.29 is 66.7 Å². The zero-order chi connectivity index (χ0) is 42.6. The summed E-state index contributed by atoms with van der Waals surface area (Å²) < 4.78 is 153. The molecule has 0 radical (unpaired) electrons. The van der Waals surface area contributed by atoms with Gasteiger partial charge in [-0.3, -0.25) is 14.2 Å². The Morgan fingerprint density at radius 3 is 1.70 bits per heavy atom. The molecule has 1 heterocycles. The molecule has 0 saturated carbocycles. The molecule has 0 atom stereocenters. The molecule has 0 unspecified atom stereocenters. The van der Waals surface area contributed by atoms with Crippen molar-refractivity contribution in [2.24, 2.45) is 11.5 Å². The summed E-state index contributed by atoms with van der Waals surface area (Å²) in [6, 6.07) is 8.62. The summed E-state index contributed by atoms with van der Waals surface area (Å²) in [5, 5.41) is 0.241. The molecule has 306 valence electrons. The highest BCUT2D eigenvalue weighted by molar-refractivity contribution is 9.10. The first-order chi connectivity index (χ1) is 25.5. The number of alkyl halides is 6. The van der Waals surface area contributed by atoms with Gasteiger partial charge in [0.05, 0.1) is 26.4 Å². The Bertz CT molecular complexity index is 2360. The van der Waals surface area contributed by atoms with E-state index in [1.807, 2.05) is 9.44 Å². The summed E-state index contributed by atoms with van der Waals surface area (Å²) in [5.74, 6) is -2.28. The molecule has 0 aliphatic carbocycles. The molecule has 0 aliphatic heterocycles. The molecule has 3 aromatic carbocycles. The molecule has 0 saturated heterocycles. The lowest BCUT2D eigenvalue weighted by atomic mass is 10.0. The van der Waals surface area contributed by atoms with Gasteiger partial charge < -0.3 is 16.2 Å². The number of nitrogens with one attached hydrogen (secondary N) is 2. The van der Waals surface area contributed by atoms with Gasteiger partial charge >= 0.3 is 18.4 Å². The number of sulfonamides is 2. The van der Waals surface area contributed by atoms with Crippen molar-refractivity contribution >= 4 is 64.8 Å². The average molecular weight is 905 g/mol. The molecule has 0 bridgehead atoms. The second-order valence-corrected chi connectivity index (χ2v) is 17.0. The molecule has 1 aromatic heterocycles. The number of halogens is 8. The van der Waals surface area contributed by atoms with E-state index in [0.29, 0.717) is 12.1 Å². The van der Waals surface area contributed by atoms with Gasteiger partial charge in [-0.2, -0.15) is 26.3 Å². The summed E-state index contributed by atoms with van der Waals surface area (Å²) in [6.07, 6.45) is -10.3. The van der Waals surface area contributed by atoms with E-state index in [9.17, 15) is 62.0 Å².